The van der Waals surface area contributed by atoms with Gasteiger partial charge in [0.05, 0.1) is 12.7 Å². The zero-order valence-electron chi connectivity index (χ0n) is 15.9. The Hall–Kier alpha value is -1.64. The van der Waals surface area contributed by atoms with Crippen LogP contribution < -0.4 is 0 Å². The van der Waals surface area contributed by atoms with Crippen molar-refractivity contribution in [2.45, 2.75) is 65.1 Å². The van der Waals surface area contributed by atoms with Crippen molar-refractivity contribution in [2.75, 3.05) is 6.61 Å². The molecule has 25 heavy (non-hydrogen) atoms. The van der Waals surface area contributed by atoms with Crippen LogP contribution in [0, 0.1) is 13.8 Å². The second kappa shape index (κ2) is 10.4. The standard InChI is InChI=1S/C14H22O.C9H10O/c1-3-4-5-6-7-14(15)13-10-8-12(2)9-11-13;1-7-2-4-8(5-3-7)9-6-10-9/h8-11,14-15H,3-7H2,1-2H3;2-5,9H,6H2,1H3. The Morgan fingerprint density at radius 3 is 2.00 bits per heavy atom. The van der Waals surface area contributed by atoms with Gasteiger partial charge in [-0.2, -0.15) is 0 Å². The normalized spacial score (nSPS) is 16.7. The van der Waals surface area contributed by atoms with E-state index in [0.717, 1.165) is 25.0 Å². The van der Waals surface area contributed by atoms with Crippen LogP contribution in [0.15, 0.2) is 48.5 Å². The van der Waals surface area contributed by atoms with Gasteiger partial charge in [0.1, 0.15) is 6.10 Å². The second-order valence-corrected chi connectivity index (χ2v) is 7.01. The molecule has 2 aromatic carbocycles. The van der Waals surface area contributed by atoms with Gasteiger partial charge in [-0.1, -0.05) is 92.3 Å². The van der Waals surface area contributed by atoms with Crippen molar-refractivity contribution in [3.05, 3.63) is 70.8 Å². The summed E-state index contributed by atoms with van der Waals surface area (Å²) in [6.45, 7) is 7.27. The SMILES string of the molecule is CCCCCCC(O)c1ccc(C)cc1.Cc1ccc(C2CO2)cc1. The van der Waals surface area contributed by atoms with Crippen LogP contribution >= 0.6 is 0 Å². The summed E-state index contributed by atoms with van der Waals surface area (Å²) in [4.78, 5) is 0. The van der Waals surface area contributed by atoms with Gasteiger partial charge in [0.2, 0.25) is 0 Å². The average molecular weight is 341 g/mol. The van der Waals surface area contributed by atoms with Crippen molar-refractivity contribution in [1.82, 2.24) is 0 Å². The Kier molecular flexibility index (Phi) is 8.17. The van der Waals surface area contributed by atoms with Gasteiger partial charge in [-0.25, -0.2) is 0 Å². The summed E-state index contributed by atoms with van der Waals surface area (Å²) < 4.78 is 5.13. The highest BCUT2D eigenvalue weighted by atomic mass is 16.6. The monoisotopic (exact) mass is 340 g/mol. The maximum Gasteiger partial charge on any atom is 0.106 e. The Morgan fingerprint density at radius 1 is 0.920 bits per heavy atom. The number of unbranched alkanes of at least 4 members (excludes halogenated alkanes) is 3. The van der Waals surface area contributed by atoms with Crippen LogP contribution in [-0.2, 0) is 4.74 Å². The second-order valence-electron chi connectivity index (χ2n) is 7.01. The summed E-state index contributed by atoms with van der Waals surface area (Å²) in [7, 11) is 0. The summed E-state index contributed by atoms with van der Waals surface area (Å²) in [6.07, 6.45) is 5.91. The highest BCUT2D eigenvalue weighted by molar-refractivity contribution is 5.25. The van der Waals surface area contributed by atoms with Crippen LogP contribution in [0.25, 0.3) is 0 Å². The number of ether oxygens (including phenoxy) is 1. The lowest BCUT2D eigenvalue weighted by molar-refractivity contribution is 0.163. The largest absolute Gasteiger partial charge is 0.388 e. The van der Waals surface area contributed by atoms with Crippen LogP contribution in [-0.4, -0.2) is 11.7 Å². The van der Waals surface area contributed by atoms with Gasteiger partial charge >= 0.3 is 0 Å². The van der Waals surface area contributed by atoms with Crippen molar-refractivity contribution in [3.8, 4) is 0 Å². The third-order valence-electron chi connectivity index (χ3n) is 4.58. The first-order chi connectivity index (χ1) is 12.1. The maximum atomic E-state index is 9.91. The number of epoxide rings is 1. The fourth-order valence-electron chi connectivity index (χ4n) is 2.74. The van der Waals surface area contributed by atoms with E-state index in [2.05, 4.69) is 57.2 Å². The number of aryl methyl sites for hydroxylation is 2. The zero-order valence-corrected chi connectivity index (χ0v) is 15.9. The molecule has 3 rings (SSSR count). The maximum absolute atomic E-state index is 9.91. The Labute approximate surface area is 152 Å². The molecule has 136 valence electrons. The molecule has 2 aromatic rings. The Balaban J connectivity index is 0.000000194. The lowest BCUT2D eigenvalue weighted by Gasteiger charge is -2.10. The number of benzene rings is 2. The molecule has 0 spiro atoms. The van der Waals surface area contributed by atoms with E-state index in [-0.39, 0.29) is 6.10 Å². The quantitative estimate of drug-likeness (QED) is 0.490. The van der Waals surface area contributed by atoms with Crippen LogP contribution in [0.5, 0.6) is 0 Å². The Bertz CT molecular complexity index is 597. The van der Waals surface area contributed by atoms with E-state index in [1.165, 1.54) is 36.0 Å². The van der Waals surface area contributed by atoms with Gasteiger partial charge in [0.25, 0.3) is 0 Å². The van der Waals surface area contributed by atoms with Crippen molar-refractivity contribution in [3.63, 3.8) is 0 Å². The highest BCUT2D eigenvalue weighted by Crippen LogP contribution is 2.29. The molecule has 1 aliphatic heterocycles. The summed E-state index contributed by atoms with van der Waals surface area (Å²) in [5, 5.41) is 9.91. The molecular formula is C23H32O2. The van der Waals surface area contributed by atoms with E-state index in [4.69, 9.17) is 4.74 Å². The first-order valence-electron chi connectivity index (χ1n) is 9.53. The summed E-state index contributed by atoms with van der Waals surface area (Å²) in [5.74, 6) is 0. The van der Waals surface area contributed by atoms with Crippen LogP contribution in [0.1, 0.15) is 73.5 Å². The highest BCUT2D eigenvalue weighted by Gasteiger charge is 2.23. The molecule has 2 unspecified atom stereocenters. The minimum atomic E-state index is -0.276. The summed E-state index contributed by atoms with van der Waals surface area (Å²) in [6, 6.07) is 16.7. The Morgan fingerprint density at radius 2 is 1.48 bits per heavy atom. The zero-order chi connectivity index (χ0) is 18.1. The lowest BCUT2D eigenvalue weighted by atomic mass is 10.0. The van der Waals surface area contributed by atoms with E-state index in [1.807, 2.05) is 12.1 Å². The fourth-order valence-corrected chi connectivity index (χ4v) is 2.74. The van der Waals surface area contributed by atoms with E-state index in [0.29, 0.717) is 6.10 Å². The first-order valence-corrected chi connectivity index (χ1v) is 9.53. The fraction of sp³-hybridized carbons (Fsp3) is 0.478. The molecule has 0 bridgehead atoms. The minimum Gasteiger partial charge on any atom is -0.388 e. The van der Waals surface area contributed by atoms with E-state index in [9.17, 15) is 5.11 Å². The predicted octanol–water partition coefficient (Wildman–Crippen LogP) is 6.07. The van der Waals surface area contributed by atoms with Crippen LogP contribution in [0.3, 0.4) is 0 Å². The first kappa shape index (κ1) is 19.7. The lowest BCUT2D eigenvalue weighted by Crippen LogP contribution is -1.97. The molecule has 1 heterocycles. The number of hydrogen-bond acceptors (Lipinski definition) is 2. The van der Waals surface area contributed by atoms with Crippen molar-refractivity contribution in [2.24, 2.45) is 0 Å². The molecule has 1 aliphatic rings. The molecule has 1 fully saturated rings. The van der Waals surface area contributed by atoms with Crippen molar-refractivity contribution in [1.29, 1.82) is 0 Å². The van der Waals surface area contributed by atoms with Gasteiger partial charge in [0, 0.05) is 0 Å². The molecule has 2 heteroatoms. The number of hydrogen-bond donors (Lipinski definition) is 1. The van der Waals surface area contributed by atoms with Gasteiger partial charge in [-0.3, -0.25) is 0 Å². The van der Waals surface area contributed by atoms with Crippen molar-refractivity contribution >= 4 is 0 Å². The topological polar surface area (TPSA) is 32.8 Å². The molecule has 0 amide bonds. The molecule has 2 atom stereocenters. The minimum absolute atomic E-state index is 0.276. The third-order valence-corrected chi connectivity index (χ3v) is 4.58. The molecule has 0 aliphatic carbocycles. The summed E-state index contributed by atoms with van der Waals surface area (Å²) >= 11 is 0. The molecule has 0 saturated carbocycles. The number of aliphatic hydroxyl groups excluding tert-OH is 1. The third kappa shape index (κ3) is 7.41. The molecule has 0 aromatic heterocycles. The molecule has 2 nitrogen and oxygen atoms in total. The molecule has 0 radical (unpaired) electrons. The van der Waals surface area contributed by atoms with Crippen LogP contribution in [0.2, 0.25) is 0 Å². The summed E-state index contributed by atoms with van der Waals surface area (Å²) in [5.41, 5.74) is 4.92. The molecule has 1 saturated heterocycles. The number of aliphatic hydroxyl groups is 1. The van der Waals surface area contributed by atoms with Gasteiger partial charge in [0.15, 0.2) is 0 Å². The molecule has 1 N–H and O–H groups in total. The average Bonchev–Trinajstić information content (AvgIpc) is 3.45. The van der Waals surface area contributed by atoms with Gasteiger partial charge < -0.3 is 9.84 Å². The number of rotatable bonds is 7. The van der Waals surface area contributed by atoms with Gasteiger partial charge in [-0.15, -0.1) is 0 Å². The van der Waals surface area contributed by atoms with E-state index >= 15 is 0 Å². The van der Waals surface area contributed by atoms with E-state index < -0.39 is 0 Å². The predicted molar refractivity (Wildman–Crippen MR) is 105 cm³/mol. The van der Waals surface area contributed by atoms with Gasteiger partial charge in [-0.05, 0) is 31.4 Å². The van der Waals surface area contributed by atoms with Crippen LogP contribution in [0.4, 0.5) is 0 Å². The van der Waals surface area contributed by atoms with Crippen molar-refractivity contribution < 1.29 is 9.84 Å². The molecular weight excluding hydrogens is 308 g/mol. The van der Waals surface area contributed by atoms with E-state index in [1.54, 1.807) is 0 Å². The smallest absolute Gasteiger partial charge is 0.106 e.